The molecule has 1 aromatic carbocycles. The molecule has 0 saturated heterocycles. The molecule has 0 N–H and O–H groups in total. The number of phosphoric ester groups is 2. The molecule has 0 aliphatic rings. The van der Waals surface area contributed by atoms with Crippen molar-refractivity contribution in [2.75, 3.05) is 33.0 Å². The Balaban J connectivity index is 0.000000653. The van der Waals surface area contributed by atoms with Crippen LogP contribution >= 0.6 is 15.6 Å². The first kappa shape index (κ1) is 31.0. The van der Waals surface area contributed by atoms with Gasteiger partial charge >= 0.3 is 15.6 Å². The molecule has 0 bridgehead atoms. The van der Waals surface area contributed by atoms with E-state index in [1.165, 1.54) is 18.2 Å². The maximum atomic E-state index is 12.4. The van der Waals surface area contributed by atoms with Crippen molar-refractivity contribution in [1.29, 1.82) is 0 Å². The molecule has 0 spiro atoms. The van der Waals surface area contributed by atoms with Gasteiger partial charge in [0, 0.05) is 0 Å². The number of rotatable bonds is 19. The van der Waals surface area contributed by atoms with E-state index in [1.807, 2.05) is 6.07 Å². The fourth-order valence-corrected chi connectivity index (χ4v) is 4.05. The van der Waals surface area contributed by atoms with Gasteiger partial charge in [0.1, 0.15) is 5.75 Å². The van der Waals surface area contributed by atoms with E-state index in [1.54, 1.807) is 36.4 Å². The lowest BCUT2D eigenvalue weighted by Crippen LogP contribution is -2.04. The van der Waals surface area contributed by atoms with Crippen LogP contribution < -0.4 is 4.52 Å². The van der Waals surface area contributed by atoms with Crippen LogP contribution in [0, 0.1) is 0 Å². The summed E-state index contributed by atoms with van der Waals surface area (Å²) in [6.07, 6.45) is 8.89. The van der Waals surface area contributed by atoms with Crippen molar-refractivity contribution in [1.82, 2.24) is 0 Å². The number of hydrogen-bond donors (Lipinski definition) is 0. The highest BCUT2D eigenvalue weighted by atomic mass is 31.2. The third-order valence-corrected chi connectivity index (χ3v) is 5.98. The van der Waals surface area contributed by atoms with E-state index in [2.05, 4.69) is 32.9 Å². The Labute approximate surface area is 197 Å². The van der Waals surface area contributed by atoms with Crippen LogP contribution in [0.5, 0.6) is 5.75 Å². The van der Waals surface area contributed by atoms with Crippen LogP contribution in [0.3, 0.4) is 0 Å². The lowest BCUT2D eigenvalue weighted by atomic mass is 10.3. The molecule has 0 atom stereocenters. The van der Waals surface area contributed by atoms with Gasteiger partial charge in [-0.3, -0.25) is 22.6 Å². The van der Waals surface area contributed by atoms with Crippen molar-refractivity contribution >= 4 is 15.6 Å². The van der Waals surface area contributed by atoms with Crippen molar-refractivity contribution < 1.29 is 36.3 Å². The highest BCUT2D eigenvalue weighted by Crippen LogP contribution is 2.50. The fourth-order valence-electron chi connectivity index (χ4n) is 1.74. The van der Waals surface area contributed by atoms with Gasteiger partial charge in [-0.1, -0.05) is 48.6 Å². The first-order valence-corrected chi connectivity index (χ1v) is 13.0. The summed E-state index contributed by atoms with van der Waals surface area (Å²) in [7, 11) is -7.08. The minimum atomic E-state index is -3.60. The summed E-state index contributed by atoms with van der Waals surface area (Å²) in [6.45, 7) is 18.2. The number of benzene rings is 1. The Bertz CT molecular complexity index is 739. The molecule has 0 radical (unpaired) electrons. The van der Waals surface area contributed by atoms with Gasteiger partial charge in [0.05, 0.1) is 33.0 Å². The molecule has 0 unspecified atom stereocenters. The van der Waals surface area contributed by atoms with Crippen LogP contribution in [0.1, 0.15) is 12.8 Å². The Morgan fingerprint density at radius 1 is 0.606 bits per heavy atom. The second-order valence-corrected chi connectivity index (χ2v) is 9.14. The van der Waals surface area contributed by atoms with E-state index in [9.17, 15) is 9.13 Å². The SMILES string of the molecule is C=CCCOP(=O)(OCCC=C)Oc1ccccc1.C=CCOP(=O)(OCC=C)OCC=C. The van der Waals surface area contributed by atoms with Crippen LogP contribution in [0.4, 0.5) is 0 Å². The zero-order valence-corrected chi connectivity index (χ0v) is 20.7. The largest absolute Gasteiger partial charge is 0.530 e. The maximum absolute atomic E-state index is 12.4. The summed E-state index contributed by atoms with van der Waals surface area (Å²) in [6, 6.07) is 8.80. The zero-order valence-electron chi connectivity index (χ0n) is 18.9. The quantitative estimate of drug-likeness (QED) is 0.113. The van der Waals surface area contributed by atoms with Gasteiger partial charge in [-0.25, -0.2) is 9.13 Å². The van der Waals surface area contributed by atoms with Crippen LogP contribution in [0.25, 0.3) is 0 Å². The molecule has 0 heterocycles. The van der Waals surface area contributed by atoms with Crippen molar-refractivity contribution in [3.63, 3.8) is 0 Å². The molecule has 184 valence electrons. The average Bonchev–Trinajstić information content (AvgIpc) is 2.82. The van der Waals surface area contributed by atoms with Crippen molar-refractivity contribution in [3.05, 3.63) is 93.6 Å². The minimum Gasteiger partial charge on any atom is -0.404 e. The number of hydrogen-bond acceptors (Lipinski definition) is 8. The van der Waals surface area contributed by atoms with Gasteiger partial charge in [-0.2, -0.15) is 0 Å². The van der Waals surface area contributed by atoms with E-state index in [4.69, 9.17) is 27.1 Å². The molecule has 0 aliphatic heterocycles. The third-order valence-electron chi connectivity index (χ3n) is 3.15. The zero-order chi connectivity index (χ0) is 24.8. The number of phosphoric acid groups is 2. The van der Waals surface area contributed by atoms with Gasteiger partial charge in [0.2, 0.25) is 0 Å². The molecule has 0 aliphatic carbocycles. The van der Waals surface area contributed by atoms with Crippen molar-refractivity contribution in [3.8, 4) is 5.75 Å². The van der Waals surface area contributed by atoms with Crippen LogP contribution in [0.15, 0.2) is 93.6 Å². The summed E-state index contributed by atoms with van der Waals surface area (Å²) in [5.41, 5.74) is 0. The molecule has 10 heteroatoms. The average molecular weight is 500 g/mol. The monoisotopic (exact) mass is 500 g/mol. The summed E-state index contributed by atoms with van der Waals surface area (Å²) in [4.78, 5) is 0. The molecule has 33 heavy (non-hydrogen) atoms. The standard InChI is InChI=1S/C14H19O4P.C9H15O4P/c1-3-5-12-16-19(15,17-13-6-4-2)18-14-10-8-7-9-11-14;1-4-7-11-14(10,12-8-5-2)13-9-6-3/h3-4,7-11H,1-2,5-6,12-13H2;4-6H,1-3,7-9H2. The van der Waals surface area contributed by atoms with Crippen LogP contribution in [-0.2, 0) is 31.7 Å². The Morgan fingerprint density at radius 2 is 1.03 bits per heavy atom. The molecule has 0 amide bonds. The normalized spacial score (nSPS) is 10.9. The predicted molar refractivity (Wildman–Crippen MR) is 132 cm³/mol. The Kier molecular flexibility index (Phi) is 18.3. The summed E-state index contributed by atoms with van der Waals surface area (Å²) in [5.74, 6) is 0.447. The smallest absolute Gasteiger partial charge is 0.404 e. The number of para-hydroxylation sites is 1. The van der Waals surface area contributed by atoms with Crippen molar-refractivity contribution in [2.24, 2.45) is 0 Å². The lowest BCUT2D eigenvalue weighted by Gasteiger charge is -2.18. The van der Waals surface area contributed by atoms with E-state index in [0.29, 0.717) is 18.6 Å². The second-order valence-electron chi connectivity index (χ2n) is 5.87. The molecule has 0 aromatic heterocycles. The topological polar surface area (TPSA) is 89.5 Å². The van der Waals surface area contributed by atoms with Crippen LogP contribution in [-0.4, -0.2) is 33.0 Å². The summed E-state index contributed by atoms with van der Waals surface area (Å²) in [5, 5.41) is 0. The molecule has 1 aromatic rings. The van der Waals surface area contributed by atoms with Crippen LogP contribution in [0.2, 0.25) is 0 Å². The van der Waals surface area contributed by atoms with Gasteiger partial charge in [0.15, 0.2) is 0 Å². The molecule has 0 fully saturated rings. The summed E-state index contributed by atoms with van der Waals surface area (Å²) >= 11 is 0. The van der Waals surface area contributed by atoms with E-state index in [-0.39, 0.29) is 33.0 Å². The molecule has 8 nitrogen and oxygen atoms in total. The Morgan fingerprint density at radius 3 is 1.39 bits per heavy atom. The maximum Gasteiger partial charge on any atom is 0.530 e. The molecule has 1 rings (SSSR count). The first-order chi connectivity index (χ1) is 15.9. The van der Waals surface area contributed by atoms with Crippen molar-refractivity contribution in [2.45, 2.75) is 12.8 Å². The molecule has 0 saturated carbocycles. The predicted octanol–water partition coefficient (Wildman–Crippen LogP) is 7.06. The molecular weight excluding hydrogens is 466 g/mol. The third kappa shape index (κ3) is 16.3. The van der Waals surface area contributed by atoms with Gasteiger partial charge in [0.25, 0.3) is 0 Å². The van der Waals surface area contributed by atoms with Gasteiger partial charge in [-0.15, -0.1) is 32.9 Å². The van der Waals surface area contributed by atoms with E-state index in [0.717, 1.165) is 0 Å². The van der Waals surface area contributed by atoms with E-state index >= 15 is 0 Å². The first-order valence-electron chi connectivity index (χ1n) is 10.1. The summed E-state index contributed by atoms with van der Waals surface area (Å²) < 4.78 is 54.5. The molecular formula is C23H34O8P2. The Hall–Kier alpha value is -2.02. The van der Waals surface area contributed by atoms with Gasteiger partial charge < -0.3 is 4.52 Å². The lowest BCUT2D eigenvalue weighted by molar-refractivity contribution is 0.141. The highest BCUT2D eigenvalue weighted by Gasteiger charge is 2.28. The van der Waals surface area contributed by atoms with Gasteiger partial charge in [-0.05, 0) is 25.0 Å². The van der Waals surface area contributed by atoms with E-state index < -0.39 is 15.6 Å². The second kappa shape index (κ2) is 19.4. The minimum absolute atomic E-state index is 0.103. The highest BCUT2D eigenvalue weighted by molar-refractivity contribution is 7.49. The fraction of sp³-hybridized carbons (Fsp3) is 0.304.